The minimum atomic E-state index is -1.03. The van der Waals surface area contributed by atoms with Crippen LogP contribution in [0.1, 0.15) is 5.56 Å². The number of halogens is 3. The molecule has 72 valence electrons. The SMILES string of the molecule is CONCc1cc(F)c(F)c(Cl)c1. The Hall–Kier alpha value is -0.710. The maximum Gasteiger partial charge on any atom is 0.177 e. The molecule has 1 aromatic rings. The summed E-state index contributed by atoms with van der Waals surface area (Å²) >= 11 is 5.41. The van der Waals surface area contributed by atoms with Crippen molar-refractivity contribution in [2.45, 2.75) is 6.54 Å². The van der Waals surface area contributed by atoms with Crippen molar-refractivity contribution in [2.75, 3.05) is 7.11 Å². The summed E-state index contributed by atoms with van der Waals surface area (Å²) in [6.45, 7) is 0.271. The number of benzene rings is 1. The van der Waals surface area contributed by atoms with E-state index >= 15 is 0 Å². The van der Waals surface area contributed by atoms with Crippen LogP contribution in [0.4, 0.5) is 8.78 Å². The van der Waals surface area contributed by atoms with Crippen LogP contribution < -0.4 is 5.48 Å². The molecular formula is C8H8ClF2NO. The van der Waals surface area contributed by atoms with Gasteiger partial charge in [-0.3, -0.25) is 0 Å². The third-order valence-corrected chi connectivity index (χ3v) is 1.74. The first kappa shape index (κ1) is 10.4. The van der Waals surface area contributed by atoms with Gasteiger partial charge >= 0.3 is 0 Å². The van der Waals surface area contributed by atoms with E-state index in [4.69, 9.17) is 11.6 Å². The lowest BCUT2D eigenvalue weighted by atomic mass is 10.2. The molecule has 0 atom stereocenters. The highest BCUT2D eigenvalue weighted by atomic mass is 35.5. The minimum Gasteiger partial charge on any atom is -0.305 e. The molecule has 1 aromatic carbocycles. The molecule has 0 fully saturated rings. The summed E-state index contributed by atoms with van der Waals surface area (Å²) in [5, 5.41) is -0.229. The highest BCUT2D eigenvalue weighted by molar-refractivity contribution is 6.30. The average molecular weight is 208 g/mol. The fourth-order valence-electron chi connectivity index (χ4n) is 0.866. The largest absolute Gasteiger partial charge is 0.305 e. The van der Waals surface area contributed by atoms with Gasteiger partial charge in [-0.25, -0.2) is 8.78 Å². The second-order valence-corrected chi connectivity index (χ2v) is 2.81. The van der Waals surface area contributed by atoms with Crippen LogP contribution in [0.2, 0.25) is 5.02 Å². The number of nitrogens with one attached hydrogen (secondary N) is 1. The van der Waals surface area contributed by atoms with E-state index in [0.29, 0.717) is 5.56 Å². The predicted octanol–water partition coefficient (Wildman–Crippen LogP) is 2.27. The van der Waals surface area contributed by atoms with Crippen LogP contribution in [0.5, 0.6) is 0 Å². The fourth-order valence-corrected chi connectivity index (χ4v) is 1.10. The Labute approximate surface area is 79.4 Å². The quantitative estimate of drug-likeness (QED) is 0.607. The van der Waals surface area contributed by atoms with Gasteiger partial charge in [-0.2, -0.15) is 5.48 Å². The summed E-state index contributed by atoms with van der Waals surface area (Å²) in [4.78, 5) is 4.55. The molecular weight excluding hydrogens is 200 g/mol. The number of rotatable bonds is 3. The van der Waals surface area contributed by atoms with E-state index in [1.165, 1.54) is 13.2 Å². The van der Waals surface area contributed by atoms with Crippen LogP contribution in [0, 0.1) is 11.6 Å². The minimum absolute atomic E-state index is 0.229. The summed E-state index contributed by atoms with van der Waals surface area (Å²) in [6.07, 6.45) is 0. The van der Waals surface area contributed by atoms with E-state index < -0.39 is 11.6 Å². The van der Waals surface area contributed by atoms with Crippen molar-refractivity contribution in [3.8, 4) is 0 Å². The smallest absolute Gasteiger partial charge is 0.177 e. The van der Waals surface area contributed by atoms with Gasteiger partial charge in [0.1, 0.15) is 0 Å². The third kappa shape index (κ3) is 2.62. The molecule has 0 saturated heterocycles. The van der Waals surface area contributed by atoms with Gasteiger partial charge in [0.05, 0.1) is 12.1 Å². The molecule has 13 heavy (non-hydrogen) atoms. The zero-order valence-corrected chi connectivity index (χ0v) is 7.66. The van der Waals surface area contributed by atoms with Gasteiger partial charge in [0.2, 0.25) is 0 Å². The van der Waals surface area contributed by atoms with E-state index in [1.54, 1.807) is 0 Å². The summed E-state index contributed by atoms with van der Waals surface area (Å²) in [6, 6.07) is 2.40. The van der Waals surface area contributed by atoms with Crippen molar-refractivity contribution >= 4 is 11.6 Å². The standard InChI is InChI=1S/C8H8ClF2NO/c1-13-12-4-5-2-6(9)8(11)7(10)3-5/h2-3,12H,4H2,1H3. The average Bonchev–Trinajstić information content (AvgIpc) is 2.10. The van der Waals surface area contributed by atoms with E-state index in [1.807, 2.05) is 0 Å². The molecule has 0 unspecified atom stereocenters. The van der Waals surface area contributed by atoms with Crippen molar-refractivity contribution in [3.63, 3.8) is 0 Å². The Morgan fingerprint density at radius 2 is 2.15 bits per heavy atom. The second kappa shape index (κ2) is 4.50. The van der Waals surface area contributed by atoms with Gasteiger partial charge in [0.25, 0.3) is 0 Å². The topological polar surface area (TPSA) is 21.3 Å². The Morgan fingerprint density at radius 3 is 2.69 bits per heavy atom. The van der Waals surface area contributed by atoms with Gasteiger partial charge in [-0.1, -0.05) is 11.6 Å². The van der Waals surface area contributed by atoms with Gasteiger partial charge in [0, 0.05) is 6.54 Å². The lowest BCUT2D eigenvalue weighted by Crippen LogP contribution is -2.11. The maximum atomic E-state index is 12.7. The number of hydroxylamine groups is 1. The number of hydrogen-bond donors (Lipinski definition) is 1. The van der Waals surface area contributed by atoms with Crippen molar-refractivity contribution in [1.82, 2.24) is 5.48 Å². The second-order valence-electron chi connectivity index (χ2n) is 2.40. The van der Waals surface area contributed by atoms with E-state index in [2.05, 4.69) is 10.3 Å². The van der Waals surface area contributed by atoms with E-state index in [9.17, 15) is 8.78 Å². The maximum absolute atomic E-state index is 12.7. The van der Waals surface area contributed by atoms with Crippen molar-refractivity contribution in [1.29, 1.82) is 0 Å². The van der Waals surface area contributed by atoms with Crippen molar-refractivity contribution < 1.29 is 13.6 Å². The van der Waals surface area contributed by atoms with Crippen LogP contribution in [-0.4, -0.2) is 7.11 Å². The molecule has 0 bridgehead atoms. The molecule has 5 heteroatoms. The Bertz CT molecular complexity index is 283. The van der Waals surface area contributed by atoms with Gasteiger partial charge < -0.3 is 4.84 Å². The molecule has 0 amide bonds. The molecule has 1 N–H and O–H groups in total. The molecule has 0 radical (unpaired) electrons. The lowest BCUT2D eigenvalue weighted by molar-refractivity contribution is 0.0866. The van der Waals surface area contributed by atoms with Crippen LogP contribution in [0.25, 0.3) is 0 Å². The summed E-state index contributed by atoms with van der Waals surface area (Å²) in [5.41, 5.74) is 3.01. The Kier molecular flexibility index (Phi) is 3.59. The highest BCUT2D eigenvalue weighted by Gasteiger charge is 2.08. The molecule has 0 saturated carbocycles. The molecule has 0 aliphatic carbocycles. The zero-order valence-electron chi connectivity index (χ0n) is 6.90. The Morgan fingerprint density at radius 1 is 1.46 bits per heavy atom. The fraction of sp³-hybridized carbons (Fsp3) is 0.250. The monoisotopic (exact) mass is 207 g/mol. The molecule has 2 nitrogen and oxygen atoms in total. The van der Waals surface area contributed by atoms with Crippen LogP contribution >= 0.6 is 11.6 Å². The van der Waals surface area contributed by atoms with Crippen molar-refractivity contribution in [2.24, 2.45) is 0 Å². The van der Waals surface area contributed by atoms with Gasteiger partial charge in [-0.05, 0) is 17.7 Å². The molecule has 0 aliphatic rings. The number of hydrogen-bond acceptors (Lipinski definition) is 2. The lowest BCUT2D eigenvalue weighted by Gasteiger charge is -2.03. The molecule has 0 heterocycles. The summed E-state index contributed by atoms with van der Waals surface area (Å²) < 4.78 is 25.4. The predicted molar refractivity (Wildman–Crippen MR) is 45.2 cm³/mol. The van der Waals surface area contributed by atoms with Gasteiger partial charge in [-0.15, -0.1) is 0 Å². The molecule has 0 aromatic heterocycles. The molecule has 1 rings (SSSR count). The third-order valence-electron chi connectivity index (χ3n) is 1.46. The van der Waals surface area contributed by atoms with E-state index in [-0.39, 0.29) is 11.6 Å². The Balaban J connectivity index is 2.86. The molecule has 0 spiro atoms. The first-order valence-corrected chi connectivity index (χ1v) is 3.92. The van der Waals surface area contributed by atoms with E-state index in [0.717, 1.165) is 6.07 Å². The first-order chi connectivity index (χ1) is 6.15. The highest BCUT2D eigenvalue weighted by Crippen LogP contribution is 2.19. The van der Waals surface area contributed by atoms with Crippen LogP contribution in [-0.2, 0) is 11.4 Å². The summed E-state index contributed by atoms with van der Waals surface area (Å²) in [7, 11) is 1.43. The van der Waals surface area contributed by atoms with Crippen LogP contribution in [0.3, 0.4) is 0 Å². The molecule has 0 aliphatic heterocycles. The van der Waals surface area contributed by atoms with Gasteiger partial charge in [0.15, 0.2) is 11.6 Å². The first-order valence-electron chi connectivity index (χ1n) is 3.54. The zero-order chi connectivity index (χ0) is 9.84. The normalized spacial score (nSPS) is 10.5. The van der Waals surface area contributed by atoms with Crippen LogP contribution in [0.15, 0.2) is 12.1 Å². The summed E-state index contributed by atoms with van der Waals surface area (Å²) in [5.74, 6) is -1.98. The van der Waals surface area contributed by atoms with Crippen molar-refractivity contribution in [3.05, 3.63) is 34.4 Å².